The van der Waals surface area contributed by atoms with E-state index in [2.05, 4.69) is 16.0 Å². The van der Waals surface area contributed by atoms with Gasteiger partial charge in [0.15, 0.2) is 0 Å². The fourth-order valence-corrected chi connectivity index (χ4v) is 3.14. The molecule has 3 rings (SSSR count). The standard InChI is InChI=1S/C22H26N4O4/c1-2-30-19-6-4-3-5-18(19)22(29)25-14-20(27)24-13-16-7-9-17(10-8-16)26-12-11-23-21(28)15-26/h3-10H,2,11-15H2,1H3,(H,23,28)(H,24,27)(H,25,29). The van der Waals surface area contributed by atoms with Crippen LogP contribution in [-0.4, -0.2) is 50.5 Å². The summed E-state index contributed by atoms with van der Waals surface area (Å²) in [6.07, 6.45) is 0. The van der Waals surface area contributed by atoms with E-state index >= 15 is 0 Å². The van der Waals surface area contributed by atoms with Crippen molar-refractivity contribution in [1.82, 2.24) is 16.0 Å². The lowest BCUT2D eigenvalue weighted by molar-refractivity contribution is -0.121. The minimum absolute atomic E-state index is 0.0171. The van der Waals surface area contributed by atoms with E-state index in [1.165, 1.54) is 0 Å². The first kappa shape index (κ1) is 21.2. The van der Waals surface area contributed by atoms with Crippen molar-refractivity contribution in [2.24, 2.45) is 0 Å². The highest BCUT2D eigenvalue weighted by Crippen LogP contribution is 2.18. The van der Waals surface area contributed by atoms with Gasteiger partial charge in [0.2, 0.25) is 11.8 Å². The van der Waals surface area contributed by atoms with Gasteiger partial charge in [0.05, 0.1) is 25.3 Å². The van der Waals surface area contributed by atoms with E-state index in [1.807, 2.05) is 36.1 Å². The van der Waals surface area contributed by atoms with Crippen LogP contribution in [0.15, 0.2) is 48.5 Å². The van der Waals surface area contributed by atoms with Crippen LogP contribution in [0.1, 0.15) is 22.8 Å². The summed E-state index contributed by atoms with van der Waals surface area (Å²) in [6, 6.07) is 14.6. The number of rotatable bonds is 8. The van der Waals surface area contributed by atoms with Crippen LogP contribution in [0, 0.1) is 0 Å². The van der Waals surface area contributed by atoms with Gasteiger partial charge in [0, 0.05) is 25.3 Å². The number of para-hydroxylation sites is 1. The second-order valence-electron chi connectivity index (χ2n) is 6.83. The van der Waals surface area contributed by atoms with Gasteiger partial charge in [0.1, 0.15) is 5.75 Å². The van der Waals surface area contributed by atoms with Gasteiger partial charge >= 0.3 is 0 Å². The molecule has 1 saturated heterocycles. The molecule has 1 heterocycles. The summed E-state index contributed by atoms with van der Waals surface area (Å²) in [5.74, 6) is -0.133. The van der Waals surface area contributed by atoms with E-state index < -0.39 is 0 Å². The fraction of sp³-hybridized carbons (Fsp3) is 0.318. The molecular weight excluding hydrogens is 384 g/mol. The summed E-state index contributed by atoms with van der Waals surface area (Å²) in [5, 5.41) is 8.20. The third kappa shape index (κ3) is 5.73. The molecule has 30 heavy (non-hydrogen) atoms. The maximum Gasteiger partial charge on any atom is 0.255 e. The Labute approximate surface area is 175 Å². The predicted molar refractivity (Wildman–Crippen MR) is 113 cm³/mol. The molecule has 0 bridgehead atoms. The van der Waals surface area contributed by atoms with Gasteiger partial charge in [-0.15, -0.1) is 0 Å². The van der Waals surface area contributed by atoms with E-state index in [0.29, 0.717) is 37.6 Å². The number of carbonyl (C=O) groups excluding carboxylic acids is 3. The van der Waals surface area contributed by atoms with Crippen LogP contribution in [0.5, 0.6) is 5.75 Å². The monoisotopic (exact) mass is 410 g/mol. The van der Waals surface area contributed by atoms with Crippen molar-refractivity contribution in [3.8, 4) is 5.75 Å². The lowest BCUT2D eigenvalue weighted by atomic mass is 10.1. The molecule has 3 amide bonds. The molecule has 1 aliphatic rings. The molecule has 0 aliphatic carbocycles. The van der Waals surface area contributed by atoms with Gasteiger partial charge in [-0.1, -0.05) is 24.3 Å². The molecule has 8 nitrogen and oxygen atoms in total. The van der Waals surface area contributed by atoms with Gasteiger partial charge in [-0.3, -0.25) is 14.4 Å². The molecular formula is C22H26N4O4. The number of hydrogen-bond acceptors (Lipinski definition) is 5. The molecule has 0 atom stereocenters. The Kier molecular flexibility index (Phi) is 7.26. The summed E-state index contributed by atoms with van der Waals surface area (Å²) >= 11 is 0. The Hall–Kier alpha value is -3.55. The lowest BCUT2D eigenvalue weighted by Gasteiger charge is -2.28. The third-order valence-corrected chi connectivity index (χ3v) is 4.67. The Bertz CT molecular complexity index is 898. The number of piperazine rings is 1. The zero-order valence-corrected chi connectivity index (χ0v) is 16.9. The Morgan fingerprint density at radius 3 is 2.60 bits per heavy atom. The number of benzene rings is 2. The van der Waals surface area contributed by atoms with Gasteiger partial charge < -0.3 is 25.6 Å². The van der Waals surface area contributed by atoms with Crippen molar-refractivity contribution in [2.75, 3.05) is 37.7 Å². The average Bonchev–Trinajstić information content (AvgIpc) is 2.77. The summed E-state index contributed by atoms with van der Waals surface area (Å²) in [6.45, 7) is 4.28. The van der Waals surface area contributed by atoms with Crippen LogP contribution in [0.25, 0.3) is 0 Å². The van der Waals surface area contributed by atoms with Gasteiger partial charge in [0.25, 0.3) is 5.91 Å². The molecule has 0 saturated carbocycles. The maximum atomic E-state index is 12.3. The number of nitrogens with one attached hydrogen (secondary N) is 3. The number of nitrogens with zero attached hydrogens (tertiary/aromatic N) is 1. The summed E-state index contributed by atoms with van der Waals surface area (Å²) in [5.41, 5.74) is 2.30. The van der Waals surface area contributed by atoms with E-state index in [-0.39, 0.29) is 24.3 Å². The van der Waals surface area contributed by atoms with Crippen LogP contribution in [-0.2, 0) is 16.1 Å². The van der Waals surface area contributed by atoms with Crippen molar-refractivity contribution >= 4 is 23.4 Å². The molecule has 2 aromatic rings. The average molecular weight is 410 g/mol. The normalized spacial score (nSPS) is 13.4. The van der Waals surface area contributed by atoms with E-state index in [1.54, 1.807) is 24.3 Å². The molecule has 0 spiro atoms. The van der Waals surface area contributed by atoms with Crippen LogP contribution in [0.3, 0.4) is 0 Å². The number of anilines is 1. The number of amides is 3. The summed E-state index contributed by atoms with van der Waals surface area (Å²) < 4.78 is 5.44. The van der Waals surface area contributed by atoms with Crippen LogP contribution >= 0.6 is 0 Å². The largest absolute Gasteiger partial charge is 0.493 e. The molecule has 0 radical (unpaired) electrons. The predicted octanol–water partition coefficient (Wildman–Crippen LogP) is 1.07. The quantitative estimate of drug-likeness (QED) is 0.605. The van der Waals surface area contributed by atoms with Crippen molar-refractivity contribution in [2.45, 2.75) is 13.5 Å². The highest BCUT2D eigenvalue weighted by atomic mass is 16.5. The van der Waals surface area contributed by atoms with E-state index in [0.717, 1.165) is 17.8 Å². The van der Waals surface area contributed by atoms with Gasteiger partial charge in [-0.2, -0.15) is 0 Å². The Morgan fingerprint density at radius 1 is 1.10 bits per heavy atom. The Morgan fingerprint density at radius 2 is 1.87 bits per heavy atom. The topological polar surface area (TPSA) is 99.8 Å². The maximum absolute atomic E-state index is 12.3. The molecule has 0 unspecified atom stereocenters. The van der Waals surface area contributed by atoms with E-state index in [9.17, 15) is 14.4 Å². The summed E-state index contributed by atoms with van der Waals surface area (Å²) in [7, 11) is 0. The van der Waals surface area contributed by atoms with Gasteiger partial charge in [-0.25, -0.2) is 0 Å². The molecule has 1 aliphatic heterocycles. The molecule has 1 fully saturated rings. The highest BCUT2D eigenvalue weighted by molar-refractivity contribution is 5.98. The minimum atomic E-state index is -0.357. The zero-order valence-electron chi connectivity index (χ0n) is 16.9. The Balaban J connectivity index is 1.45. The van der Waals surface area contributed by atoms with Crippen LogP contribution < -0.4 is 25.6 Å². The smallest absolute Gasteiger partial charge is 0.255 e. The number of hydrogen-bond donors (Lipinski definition) is 3. The van der Waals surface area contributed by atoms with Crippen LogP contribution in [0.4, 0.5) is 5.69 Å². The fourth-order valence-electron chi connectivity index (χ4n) is 3.14. The second-order valence-corrected chi connectivity index (χ2v) is 6.83. The first-order valence-electron chi connectivity index (χ1n) is 9.94. The number of ether oxygens (including phenoxy) is 1. The van der Waals surface area contributed by atoms with Crippen molar-refractivity contribution in [3.05, 3.63) is 59.7 Å². The minimum Gasteiger partial charge on any atom is -0.493 e. The van der Waals surface area contributed by atoms with Crippen molar-refractivity contribution < 1.29 is 19.1 Å². The SMILES string of the molecule is CCOc1ccccc1C(=O)NCC(=O)NCc1ccc(N2CCNC(=O)C2)cc1. The van der Waals surface area contributed by atoms with Crippen molar-refractivity contribution in [3.63, 3.8) is 0 Å². The van der Waals surface area contributed by atoms with Crippen molar-refractivity contribution in [1.29, 1.82) is 0 Å². The second kappa shape index (κ2) is 10.3. The van der Waals surface area contributed by atoms with Gasteiger partial charge in [-0.05, 0) is 36.8 Å². The molecule has 3 N–H and O–H groups in total. The first-order chi connectivity index (χ1) is 14.6. The molecule has 2 aromatic carbocycles. The van der Waals surface area contributed by atoms with E-state index in [4.69, 9.17) is 4.74 Å². The van der Waals surface area contributed by atoms with Crippen LogP contribution in [0.2, 0.25) is 0 Å². The first-order valence-corrected chi connectivity index (χ1v) is 9.94. The molecule has 8 heteroatoms. The summed E-state index contributed by atoms with van der Waals surface area (Å²) in [4.78, 5) is 37.9. The zero-order chi connectivity index (χ0) is 21.3. The highest BCUT2D eigenvalue weighted by Gasteiger charge is 2.16. The number of carbonyl (C=O) groups is 3. The molecule has 158 valence electrons. The molecule has 0 aromatic heterocycles. The lowest BCUT2D eigenvalue weighted by Crippen LogP contribution is -2.47. The third-order valence-electron chi connectivity index (χ3n) is 4.67.